The quantitative estimate of drug-likeness (QED) is 0.529. The van der Waals surface area contributed by atoms with Crippen molar-refractivity contribution in [2.75, 3.05) is 5.32 Å². The second kappa shape index (κ2) is 4.99. The number of aromatic nitrogens is 1. The van der Waals surface area contributed by atoms with Crippen molar-refractivity contribution in [2.24, 2.45) is 17.2 Å². The molecule has 8 N–H and O–H groups in total. The SMILES string of the molecule is NC(=O)Nc1ccc2[nH]cc(C[C@H](N)C(N)=O)c2c1. The fourth-order valence-electron chi connectivity index (χ4n) is 1.90. The zero-order valence-electron chi connectivity index (χ0n) is 10.1. The average molecular weight is 261 g/mol. The van der Waals surface area contributed by atoms with Crippen molar-refractivity contribution >= 4 is 28.5 Å². The predicted octanol–water partition coefficient (Wildman–Crippen LogP) is 0.0136. The minimum Gasteiger partial charge on any atom is -0.368 e. The summed E-state index contributed by atoms with van der Waals surface area (Å²) in [5.74, 6) is -0.555. The third kappa shape index (κ3) is 2.83. The Kier molecular flexibility index (Phi) is 3.39. The van der Waals surface area contributed by atoms with Crippen LogP contribution in [0.5, 0.6) is 0 Å². The molecule has 7 heteroatoms. The predicted molar refractivity (Wildman–Crippen MR) is 72.4 cm³/mol. The van der Waals surface area contributed by atoms with Crippen molar-refractivity contribution in [1.82, 2.24) is 4.98 Å². The summed E-state index contributed by atoms with van der Waals surface area (Å²) >= 11 is 0. The van der Waals surface area contributed by atoms with E-state index >= 15 is 0 Å². The van der Waals surface area contributed by atoms with Gasteiger partial charge in [0.05, 0.1) is 6.04 Å². The Morgan fingerprint density at radius 3 is 2.68 bits per heavy atom. The zero-order chi connectivity index (χ0) is 14.0. The molecule has 0 aliphatic rings. The maximum atomic E-state index is 11.0. The van der Waals surface area contributed by atoms with Crippen molar-refractivity contribution in [3.05, 3.63) is 30.0 Å². The number of aromatic amines is 1. The zero-order valence-corrected chi connectivity index (χ0v) is 10.1. The van der Waals surface area contributed by atoms with E-state index in [2.05, 4.69) is 10.3 Å². The van der Waals surface area contributed by atoms with E-state index in [0.29, 0.717) is 12.1 Å². The molecule has 1 heterocycles. The molecule has 0 saturated carbocycles. The lowest BCUT2D eigenvalue weighted by atomic mass is 10.0. The number of carbonyl (C=O) groups excluding carboxylic acids is 2. The van der Waals surface area contributed by atoms with Crippen molar-refractivity contribution in [2.45, 2.75) is 12.5 Å². The topological polar surface area (TPSA) is 140 Å². The molecule has 0 radical (unpaired) electrons. The molecule has 0 aliphatic carbocycles. The van der Waals surface area contributed by atoms with Crippen LogP contribution in [0.15, 0.2) is 24.4 Å². The number of anilines is 1. The summed E-state index contributed by atoms with van der Waals surface area (Å²) in [6.07, 6.45) is 2.09. The number of benzene rings is 1. The molecular weight excluding hydrogens is 246 g/mol. The summed E-state index contributed by atoms with van der Waals surface area (Å²) in [4.78, 5) is 24.9. The monoisotopic (exact) mass is 261 g/mol. The third-order valence-electron chi connectivity index (χ3n) is 2.84. The van der Waals surface area contributed by atoms with Gasteiger partial charge in [-0.15, -0.1) is 0 Å². The minimum absolute atomic E-state index is 0.329. The Morgan fingerprint density at radius 1 is 1.32 bits per heavy atom. The first-order chi connectivity index (χ1) is 8.97. The lowest BCUT2D eigenvalue weighted by Crippen LogP contribution is -2.38. The Morgan fingerprint density at radius 2 is 2.05 bits per heavy atom. The number of carbonyl (C=O) groups is 2. The molecule has 0 bridgehead atoms. The van der Waals surface area contributed by atoms with Crippen LogP contribution < -0.4 is 22.5 Å². The first kappa shape index (κ1) is 12.9. The number of nitrogens with two attached hydrogens (primary N) is 3. The molecule has 0 saturated heterocycles. The molecule has 2 rings (SSSR count). The number of nitrogens with one attached hydrogen (secondary N) is 2. The van der Waals surface area contributed by atoms with Gasteiger partial charge in [0.2, 0.25) is 5.91 Å². The van der Waals surface area contributed by atoms with Gasteiger partial charge < -0.3 is 27.5 Å². The molecule has 0 spiro atoms. The largest absolute Gasteiger partial charge is 0.368 e. The van der Waals surface area contributed by atoms with E-state index < -0.39 is 18.0 Å². The Balaban J connectivity index is 2.34. The van der Waals surface area contributed by atoms with Gasteiger partial charge in [-0.25, -0.2) is 4.79 Å². The first-order valence-electron chi connectivity index (χ1n) is 5.68. The molecule has 1 atom stereocenters. The number of H-pyrrole nitrogens is 1. The molecule has 0 fully saturated rings. The van der Waals surface area contributed by atoms with Crippen molar-refractivity contribution in [3.8, 4) is 0 Å². The molecule has 2 aromatic rings. The molecule has 100 valence electrons. The molecule has 7 nitrogen and oxygen atoms in total. The average Bonchev–Trinajstić information content (AvgIpc) is 2.71. The van der Waals surface area contributed by atoms with Crippen LogP contribution in [0.3, 0.4) is 0 Å². The summed E-state index contributed by atoms with van der Waals surface area (Å²) in [6, 6.07) is 3.91. The highest BCUT2D eigenvalue weighted by molar-refractivity contribution is 5.93. The third-order valence-corrected chi connectivity index (χ3v) is 2.84. The lowest BCUT2D eigenvalue weighted by Gasteiger charge is -2.07. The van der Waals surface area contributed by atoms with E-state index in [1.807, 2.05) is 0 Å². The van der Waals surface area contributed by atoms with Gasteiger partial charge in [0.15, 0.2) is 0 Å². The lowest BCUT2D eigenvalue weighted by molar-refractivity contribution is -0.119. The summed E-state index contributed by atoms with van der Waals surface area (Å²) in [5.41, 5.74) is 18.2. The van der Waals surface area contributed by atoms with E-state index in [9.17, 15) is 9.59 Å². The van der Waals surface area contributed by atoms with Crippen LogP contribution in [0, 0.1) is 0 Å². The summed E-state index contributed by atoms with van der Waals surface area (Å²) in [6.45, 7) is 0. The fraction of sp³-hybridized carbons (Fsp3) is 0.167. The van der Waals surface area contributed by atoms with Crippen LogP contribution in [-0.4, -0.2) is 23.0 Å². The number of primary amides is 2. The van der Waals surface area contributed by atoms with Gasteiger partial charge in [-0.3, -0.25) is 4.79 Å². The number of amides is 3. The van der Waals surface area contributed by atoms with Crippen molar-refractivity contribution in [3.63, 3.8) is 0 Å². The number of urea groups is 1. The second-order valence-corrected chi connectivity index (χ2v) is 4.28. The highest BCUT2D eigenvalue weighted by atomic mass is 16.2. The van der Waals surface area contributed by atoms with Crippen LogP contribution >= 0.6 is 0 Å². The molecule has 0 unspecified atom stereocenters. The van der Waals surface area contributed by atoms with E-state index in [0.717, 1.165) is 16.5 Å². The van der Waals surface area contributed by atoms with E-state index in [4.69, 9.17) is 17.2 Å². The van der Waals surface area contributed by atoms with Crippen molar-refractivity contribution < 1.29 is 9.59 Å². The molecule has 1 aromatic heterocycles. The highest BCUT2D eigenvalue weighted by Gasteiger charge is 2.13. The maximum Gasteiger partial charge on any atom is 0.316 e. The number of hydrogen-bond acceptors (Lipinski definition) is 3. The number of hydrogen-bond donors (Lipinski definition) is 5. The van der Waals surface area contributed by atoms with Gasteiger partial charge >= 0.3 is 6.03 Å². The first-order valence-corrected chi connectivity index (χ1v) is 5.68. The Hall–Kier alpha value is -2.54. The smallest absolute Gasteiger partial charge is 0.316 e. The summed E-state index contributed by atoms with van der Waals surface area (Å²) in [7, 11) is 0. The highest BCUT2D eigenvalue weighted by Crippen LogP contribution is 2.23. The molecular formula is C12H15N5O2. The van der Waals surface area contributed by atoms with Crippen molar-refractivity contribution in [1.29, 1.82) is 0 Å². The normalized spacial score (nSPS) is 12.3. The van der Waals surface area contributed by atoms with E-state index in [-0.39, 0.29) is 0 Å². The van der Waals surface area contributed by atoms with Gasteiger partial charge in [-0.2, -0.15) is 0 Å². The number of fused-ring (bicyclic) bond motifs is 1. The Labute approximate surface area is 109 Å². The second-order valence-electron chi connectivity index (χ2n) is 4.28. The van der Waals surface area contributed by atoms with E-state index in [1.165, 1.54) is 0 Å². The molecule has 19 heavy (non-hydrogen) atoms. The van der Waals surface area contributed by atoms with Crippen LogP contribution in [0.1, 0.15) is 5.56 Å². The Bertz CT molecular complexity index is 634. The molecule has 0 aliphatic heterocycles. The summed E-state index contributed by atoms with van der Waals surface area (Å²) < 4.78 is 0. The van der Waals surface area contributed by atoms with Gasteiger partial charge in [0, 0.05) is 22.8 Å². The van der Waals surface area contributed by atoms with Gasteiger partial charge in [-0.05, 0) is 30.2 Å². The molecule has 1 aromatic carbocycles. The van der Waals surface area contributed by atoms with Crippen LogP contribution in [0.2, 0.25) is 0 Å². The standard InChI is InChI=1S/C12H15N5O2/c13-9(11(14)18)3-6-5-16-10-2-1-7(4-8(6)10)17-12(15)19/h1-2,4-5,9,16H,3,13H2,(H2,14,18)(H3,15,17,19)/t9-/m0/s1. The fourth-order valence-corrected chi connectivity index (χ4v) is 1.90. The van der Waals surface area contributed by atoms with Gasteiger partial charge in [0.25, 0.3) is 0 Å². The molecule has 3 amide bonds. The van der Waals surface area contributed by atoms with Crippen LogP contribution in [0.4, 0.5) is 10.5 Å². The summed E-state index contributed by atoms with van der Waals surface area (Å²) in [5, 5.41) is 3.36. The van der Waals surface area contributed by atoms with Gasteiger partial charge in [0.1, 0.15) is 0 Å². The number of rotatable bonds is 4. The van der Waals surface area contributed by atoms with E-state index in [1.54, 1.807) is 24.4 Å². The minimum atomic E-state index is -0.744. The van der Waals surface area contributed by atoms with Gasteiger partial charge in [-0.1, -0.05) is 0 Å². The van der Waals surface area contributed by atoms with Crippen LogP contribution in [0.25, 0.3) is 10.9 Å². The van der Waals surface area contributed by atoms with Crippen LogP contribution in [-0.2, 0) is 11.2 Å². The maximum absolute atomic E-state index is 11.0.